The lowest BCUT2D eigenvalue weighted by Gasteiger charge is -2.09. The molecule has 0 spiro atoms. The Bertz CT molecular complexity index is 942. The monoisotopic (exact) mass is 377 g/mol. The average molecular weight is 378 g/mol. The number of aryl methyl sites for hydroxylation is 1. The van der Waals surface area contributed by atoms with Gasteiger partial charge in [0.15, 0.2) is 18.2 Å². The van der Waals surface area contributed by atoms with Crippen LogP contribution in [-0.2, 0) is 4.79 Å². The first-order chi connectivity index (χ1) is 12.4. The van der Waals surface area contributed by atoms with Crippen LogP contribution in [0.25, 0.3) is 11.3 Å². The van der Waals surface area contributed by atoms with Gasteiger partial charge in [-0.2, -0.15) is 5.10 Å². The van der Waals surface area contributed by atoms with Crippen molar-refractivity contribution in [3.05, 3.63) is 64.8 Å². The minimum absolute atomic E-state index is 0.233. The van der Waals surface area contributed by atoms with Crippen molar-refractivity contribution >= 4 is 23.2 Å². The van der Waals surface area contributed by atoms with Crippen molar-refractivity contribution in [1.29, 1.82) is 0 Å². The number of nitrogens with zero attached hydrogens (tertiary/aromatic N) is 1. The van der Waals surface area contributed by atoms with Crippen molar-refractivity contribution in [3.8, 4) is 17.0 Å². The van der Waals surface area contributed by atoms with Gasteiger partial charge in [0.05, 0.1) is 11.4 Å². The second kappa shape index (κ2) is 7.53. The zero-order valence-electron chi connectivity index (χ0n) is 13.6. The van der Waals surface area contributed by atoms with Crippen LogP contribution in [0.3, 0.4) is 0 Å². The molecule has 26 heavy (non-hydrogen) atoms. The highest BCUT2D eigenvalue weighted by Gasteiger charge is 2.16. The van der Waals surface area contributed by atoms with E-state index in [0.717, 1.165) is 12.1 Å². The maximum Gasteiger partial charge on any atom is 0.262 e. The van der Waals surface area contributed by atoms with Crippen molar-refractivity contribution in [2.45, 2.75) is 6.92 Å². The zero-order valence-corrected chi connectivity index (χ0v) is 14.4. The number of rotatable bonds is 5. The Balaban J connectivity index is 1.73. The van der Waals surface area contributed by atoms with Gasteiger partial charge in [-0.05, 0) is 49.4 Å². The van der Waals surface area contributed by atoms with Crippen LogP contribution in [-0.4, -0.2) is 22.7 Å². The van der Waals surface area contributed by atoms with E-state index in [4.69, 9.17) is 16.3 Å². The fraction of sp³-hybridized carbons (Fsp3) is 0.111. The van der Waals surface area contributed by atoms with Gasteiger partial charge < -0.3 is 10.1 Å². The summed E-state index contributed by atoms with van der Waals surface area (Å²) in [6.07, 6.45) is 0. The number of halogens is 3. The van der Waals surface area contributed by atoms with Gasteiger partial charge in [0.25, 0.3) is 5.91 Å². The van der Waals surface area contributed by atoms with Crippen LogP contribution in [0, 0.1) is 18.6 Å². The molecule has 2 aromatic carbocycles. The summed E-state index contributed by atoms with van der Waals surface area (Å²) in [6.45, 7) is 1.47. The molecule has 8 heteroatoms. The molecule has 1 aromatic heterocycles. The number of aromatic nitrogens is 2. The van der Waals surface area contributed by atoms with E-state index in [9.17, 15) is 13.6 Å². The number of carbonyl (C=O) groups excluding carboxylic acids is 1. The lowest BCUT2D eigenvalue weighted by molar-refractivity contribution is -0.118. The van der Waals surface area contributed by atoms with Crippen LogP contribution in [0.4, 0.5) is 14.5 Å². The molecule has 3 aromatic rings. The van der Waals surface area contributed by atoms with Gasteiger partial charge in [-0.3, -0.25) is 9.89 Å². The molecule has 3 rings (SSSR count). The number of hydrogen-bond donors (Lipinski definition) is 2. The molecule has 0 aliphatic heterocycles. The number of ether oxygens (including phenoxy) is 1. The summed E-state index contributed by atoms with van der Waals surface area (Å²) in [5, 5.41) is 10.0. The molecule has 0 aliphatic rings. The molecule has 134 valence electrons. The first kappa shape index (κ1) is 17.9. The highest BCUT2D eigenvalue weighted by atomic mass is 35.5. The van der Waals surface area contributed by atoms with E-state index in [-0.39, 0.29) is 6.61 Å². The maximum atomic E-state index is 13.5. The van der Waals surface area contributed by atoms with Crippen LogP contribution in [0.2, 0.25) is 5.02 Å². The average Bonchev–Trinajstić information content (AvgIpc) is 2.97. The van der Waals surface area contributed by atoms with E-state index in [1.807, 2.05) is 0 Å². The standard InChI is InChI=1S/C18H14ClF2N3O2/c1-10-17(18(24-23-10)11-2-7-14(20)15(21)8-11)22-16(25)9-26-13-5-3-12(19)4-6-13/h2-8H,9H2,1H3,(H,22,25)(H,23,24). The molecule has 1 amide bonds. The Labute approximate surface area is 152 Å². The number of aromatic amines is 1. The second-order valence-corrected chi connectivity index (χ2v) is 5.93. The zero-order chi connectivity index (χ0) is 18.7. The number of amides is 1. The molecule has 2 N–H and O–H groups in total. The molecule has 0 atom stereocenters. The fourth-order valence-corrected chi connectivity index (χ4v) is 2.42. The van der Waals surface area contributed by atoms with Gasteiger partial charge in [-0.25, -0.2) is 8.78 Å². The Morgan fingerprint density at radius 3 is 2.62 bits per heavy atom. The molecule has 0 bridgehead atoms. The first-order valence-corrected chi connectivity index (χ1v) is 8.00. The molecule has 0 aliphatic carbocycles. The highest BCUT2D eigenvalue weighted by Crippen LogP contribution is 2.29. The maximum absolute atomic E-state index is 13.5. The van der Waals surface area contributed by atoms with E-state index >= 15 is 0 Å². The molecular formula is C18H14ClF2N3O2. The Morgan fingerprint density at radius 1 is 1.19 bits per heavy atom. The summed E-state index contributed by atoms with van der Waals surface area (Å²) >= 11 is 5.79. The van der Waals surface area contributed by atoms with Crippen LogP contribution in [0.1, 0.15) is 5.69 Å². The lowest BCUT2D eigenvalue weighted by atomic mass is 10.1. The third-order valence-corrected chi connectivity index (χ3v) is 3.84. The van der Waals surface area contributed by atoms with Crippen LogP contribution >= 0.6 is 11.6 Å². The van der Waals surface area contributed by atoms with Gasteiger partial charge in [-0.15, -0.1) is 0 Å². The quantitative estimate of drug-likeness (QED) is 0.695. The number of carbonyl (C=O) groups is 1. The Hall–Kier alpha value is -2.93. The van der Waals surface area contributed by atoms with Crippen molar-refractivity contribution in [3.63, 3.8) is 0 Å². The van der Waals surface area contributed by atoms with E-state index in [1.165, 1.54) is 6.07 Å². The third-order valence-electron chi connectivity index (χ3n) is 3.59. The molecule has 0 saturated carbocycles. The summed E-state index contributed by atoms with van der Waals surface area (Å²) in [5.74, 6) is -1.88. The molecule has 0 saturated heterocycles. The fourth-order valence-electron chi connectivity index (χ4n) is 2.29. The lowest BCUT2D eigenvalue weighted by Crippen LogP contribution is -2.20. The number of benzene rings is 2. The van der Waals surface area contributed by atoms with Crippen LogP contribution in [0.5, 0.6) is 5.75 Å². The Morgan fingerprint density at radius 2 is 1.92 bits per heavy atom. The highest BCUT2D eigenvalue weighted by molar-refractivity contribution is 6.30. The van der Waals surface area contributed by atoms with Crippen molar-refractivity contribution < 1.29 is 18.3 Å². The predicted octanol–water partition coefficient (Wildman–Crippen LogP) is 4.33. The molecule has 0 unspecified atom stereocenters. The van der Waals surface area contributed by atoms with E-state index in [2.05, 4.69) is 15.5 Å². The first-order valence-electron chi connectivity index (χ1n) is 7.62. The summed E-state index contributed by atoms with van der Waals surface area (Å²) in [4.78, 5) is 12.2. The van der Waals surface area contributed by atoms with Crippen molar-refractivity contribution in [2.24, 2.45) is 0 Å². The number of hydrogen-bond acceptors (Lipinski definition) is 3. The summed E-state index contributed by atoms with van der Waals surface area (Å²) in [7, 11) is 0. The van der Waals surface area contributed by atoms with Crippen LogP contribution < -0.4 is 10.1 Å². The second-order valence-electron chi connectivity index (χ2n) is 5.49. The summed E-state index contributed by atoms with van der Waals surface area (Å²) in [6, 6.07) is 9.99. The smallest absolute Gasteiger partial charge is 0.262 e. The predicted molar refractivity (Wildman–Crippen MR) is 94.3 cm³/mol. The van der Waals surface area contributed by atoms with Crippen LogP contribution in [0.15, 0.2) is 42.5 Å². The minimum Gasteiger partial charge on any atom is -0.484 e. The molecular weight excluding hydrogens is 364 g/mol. The number of anilines is 1. The molecule has 0 fully saturated rings. The SMILES string of the molecule is Cc1[nH]nc(-c2ccc(F)c(F)c2)c1NC(=O)COc1ccc(Cl)cc1. The molecule has 1 heterocycles. The van der Waals surface area contributed by atoms with Gasteiger partial charge in [0, 0.05) is 10.6 Å². The number of H-pyrrole nitrogens is 1. The van der Waals surface area contributed by atoms with E-state index in [1.54, 1.807) is 31.2 Å². The largest absolute Gasteiger partial charge is 0.484 e. The summed E-state index contributed by atoms with van der Waals surface area (Å²) in [5.41, 5.74) is 1.59. The normalized spacial score (nSPS) is 10.6. The van der Waals surface area contributed by atoms with Gasteiger partial charge >= 0.3 is 0 Å². The van der Waals surface area contributed by atoms with Gasteiger partial charge in [0.2, 0.25) is 0 Å². The van der Waals surface area contributed by atoms with Crippen molar-refractivity contribution in [2.75, 3.05) is 11.9 Å². The molecule has 0 radical (unpaired) electrons. The Kier molecular flexibility index (Phi) is 5.18. The summed E-state index contributed by atoms with van der Waals surface area (Å²) < 4.78 is 32.0. The van der Waals surface area contributed by atoms with Gasteiger partial charge in [-0.1, -0.05) is 11.6 Å². The minimum atomic E-state index is -0.994. The topological polar surface area (TPSA) is 67.0 Å². The van der Waals surface area contributed by atoms with E-state index < -0.39 is 17.5 Å². The van der Waals surface area contributed by atoms with Crippen molar-refractivity contribution in [1.82, 2.24) is 10.2 Å². The van der Waals surface area contributed by atoms with Gasteiger partial charge in [0.1, 0.15) is 11.4 Å². The van der Waals surface area contributed by atoms with E-state index in [0.29, 0.717) is 33.4 Å². The number of nitrogens with one attached hydrogen (secondary N) is 2. The third kappa shape index (κ3) is 4.00. The molecule has 5 nitrogen and oxygen atoms in total.